The fraction of sp³-hybridized carbons (Fsp3) is 1.00. The Balaban J connectivity index is 1.63. The molecular formula is C18H34N2O. The van der Waals surface area contributed by atoms with E-state index in [4.69, 9.17) is 4.74 Å². The smallest absolute Gasteiger partial charge is 0.0858 e. The normalized spacial score (nSPS) is 39.1. The second-order valence-electron chi connectivity index (χ2n) is 7.45. The average molecular weight is 294 g/mol. The van der Waals surface area contributed by atoms with E-state index in [2.05, 4.69) is 24.1 Å². The van der Waals surface area contributed by atoms with Gasteiger partial charge in [0.05, 0.1) is 12.7 Å². The Bertz CT molecular complexity index is 322. The van der Waals surface area contributed by atoms with Crippen molar-refractivity contribution in [2.75, 3.05) is 26.2 Å². The Morgan fingerprint density at radius 3 is 2.90 bits per heavy atom. The van der Waals surface area contributed by atoms with Crippen molar-refractivity contribution in [3.8, 4) is 0 Å². The van der Waals surface area contributed by atoms with E-state index in [9.17, 15) is 0 Å². The van der Waals surface area contributed by atoms with Crippen molar-refractivity contribution in [1.82, 2.24) is 10.2 Å². The highest BCUT2D eigenvalue weighted by atomic mass is 16.5. The molecule has 2 aliphatic heterocycles. The minimum atomic E-state index is 0.417. The Hall–Kier alpha value is -0.120. The van der Waals surface area contributed by atoms with E-state index in [1.54, 1.807) is 0 Å². The molecule has 0 aromatic heterocycles. The lowest BCUT2D eigenvalue weighted by atomic mass is 9.75. The Labute approximate surface area is 130 Å². The summed E-state index contributed by atoms with van der Waals surface area (Å²) in [4.78, 5) is 2.69. The van der Waals surface area contributed by atoms with E-state index in [1.165, 1.54) is 51.5 Å². The Kier molecular flexibility index (Phi) is 5.58. The van der Waals surface area contributed by atoms with Crippen LogP contribution in [0, 0.1) is 11.8 Å². The number of likely N-dealkylation sites (N-methyl/N-ethyl adjacent to an activating group) is 1. The van der Waals surface area contributed by atoms with Crippen LogP contribution < -0.4 is 5.32 Å². The first-order chi connectivity index (χ1) is 10.3. The molecule has 2 saturated heterocycles. The van der Waals surface area contributed by atoms with Gasteiger partial charge in [0, 0.05) is 18.6 Å². The molecule has 0 aromatic rings. The summed E-state index contributed by atoms with van der Waals surface area (Å²) in [7, 11) is 0. The molecule has 1 aliphatic carbocycles. The van der Waals surface area contributed by atoms with Crippen LogP contribution in [0.5, 0.6) is 0 Å². The van der Waals surface area contributed by atoms with Gasteiger partial charge in [-0.25, -0.2) is 0 Å². The van der Waals surface area contributed by atoms with Gasteiger partial charge in [-0.3, -0.25) is 4.90 Å². The Morgan fingerprint density at radius 2 is 2.10 bits per heavy atom. The van der Waals surface area contributed by atoms with Crippen LogP contribution in [-0.2, 0) is 4.74 Å². The molecular weight excluding hydrogens is 260 g/mol. The molecule has 3 aliphatic rings. The van der Waals surface area contributed by atoms with E-state index in [1.807, 2.05) is 0 Å². The molecule has 122 valence electrons. The highest BCUT2D eigenvalue weighted by molar-refractivity contribution is 4.94. The van der Waals surface area contributed by atoms with Crippen molar-refractivity contribution >= 4 is 0 Å². The lowest BCUT2D eigenvalue weighted by molar-refractivity contribution is -0.0770. The first-order valence-corrected chi connectivity index (χ1v) is 9.40. The van der Waals surface area contributed by atoms with Gasteiger partial charge in [0.15, 0.2) is 0 Å². The molecule has 0 bridgehead atoms. The SMILES string of the molecule is CCNC(C1CCCC(CC)C1)C1CN2CCCC2CO1. The van der Waals surface area contributed by atoms with Crippen LogP contribution in [-0.4, -0.2) is 49.3 Å². The monoisotopic (exact) mass is 294 g/mol. The molecule has 3 heteroatoms. The molecule has 0 aromatic carbocycles. The van der Waals surface area contributed by atoms with Crippen LogP contribution in [0.4, 0.5) is 0 Å². The summed E-state index contributed by atoms with van der Waals surface area (Å²) < 4.78 is 6.32. The van der Waals surface area contributed by atoms with Crippen LogP contribution in [0.15, 0.2) is 0 Å². The van der Waals surface area contributed by atoms with Gasteiger partial charge in [-0.1, -0.05) is 33.1 Å². The Morgan fingerprint density at radius 1 is 1.19 bits per heavy atom. The van der Waals surface area contributed by atoms with Crippen LogP contribution in [0.1, 0.15) is 58.8 Å². The number of hydrogen-bond acceptors (Lipinski definition) is 3. The predicted octanol–water partition coefficient (Wildman–Crippen LogP) is 3.04. The minimum Gasteiger partial charge on any atom is -0.374 e. The molecule has 3 fully saturated rings. The fourth-order valence-electron chi connectivity index (χ4n) is 4.93. The maximum atomic E-state index is 6.32. The van der Waals surface area contributed by atoms with Gasteiger partial charge in [0.2, 0.25) is 0 Å². The van der Waals surface area contributed by atoms with Crippen LogP contribution in [0.2, 0.25) is 0 Å². The van der Waals surface area contributed by atoms with Gasteiger partial charge in [0.1, 0.15) is 0 Å². The lowest BCUT2D eigenvalue weighted by Crippen LogP contribution is -2.57. The van der Waals surface area contributed by atoms with Crippen LogP contribution in [0.25, 0.3) is 0 Å². The number of morpholine rings is 1. The van der Waals surface area contributed by atoms with E-state index in [-0.39, 0.29) is 0 Å². The van der Waals surface area contributed by atoms with Gasteiger partial charge < -0.3 is 10.1 Å². The summed E-state index contributed by atoms with van der Waals surface area (Å²) in [6.45, 7) is 9.11. The van der Waals surface area contributed by atoms with E-state index >= 15 is 0 Å². The van der Waals surface area contributed by atoms with Crippen LogP contribution >= 0.6 is 0 Å². The largest absolute Gasteiger partial charge is 0.374 e. The van der Waals surface area contributed by atoms with E-state index in [0.717, 1.165) is 37.6 Å². The molecule has 5 unspecified atom stereocenters. The number of rotatable bonds is 5. The van der Waals surface area contributed by atoms with Gasteiger partial charge in [-0.2, -0.15) is 0 Å². The summed E-state index contributed by atoms with van der Waals surface area (Å²) >= 11 is 0. The van der Waals surface area contributed by atoms with Crippen molar-refractivity contribution in [2.45, 2.75) is 77.0 Å². The number of nitrogens with one attached hydrogen (secondary N) is 1. The second-order valence-corrected chi connectivity index (χ2v) is 7.45. The first kappa shape index (κ1) is 15.8. The molecule has 1 saturated carbocycles. The standard InChI is InChI=1S/C18H34N2O/c1-3-14-7-5-8-15(11-14)18(19-4-2)17-12-20-10-6-9-16(20)13-21-17/h14-19H,3-13H2,1-2H3. The lowest BCUT2D eigenvalue weighted by Gasteiger charge is -2.43. The zero-order valence-corrected chi connectivity index (χ0v) is 14.0. The molecule has 0 spiro atoms. The second kappa shape index (κ2) is 7.43. The van der Waals surface area contributed by atoms with E-state index in [0.29, 0.717) is 12.1 Å². The van der Waals surface area contributed by atoms with Gasteiger partial charge in [-0.05, 0) is 50.6 Å². The van der Waals surface area contributed by atoms with Gasteiger partial charge in [0.25, 0.3) is 0 Å². The molecule has 3 nitrogen and oxygen atoms in total. The zero-order valence-electron chi connectivity index (χ0n) is 14.0. The van der Waals surface area contributed by atoms with Crippen molar-refractivity contribution in [3.05, 3.63) is 0 Å². The van der Waals surface area contributed by atoms with Gasteiger partial charge >= 0.3 is 0 Å². The first-order valence-electron chi connectivity index (χ1n) is 9.40. The molecule has 21 heavy (non-hydrogen) atoms. The van der Waals surface area contributed by atoms with Crippen molar-refractivity contribution in [1.29, 1.82) is 0 Å². The minimum absolute atomic E-state index is 0.417. The summed E-state index contributed by atoms with van der Waals surface area (Å²) in [6.07, 6.45) is 10.2. The highest BCUT2D eigenvalue weighted by Crippen LogP contribution is 2.35. The average Bonchev–Trinajstić information content (AvgIpc) is 3.00. The third-order valence-electron chi connectivity index (χ3n) is 6.17. The summed E-state index contributed by atoms with van der Waals surface area (Å²) in [6, 6.07) is 1.30. The molecule has 1 N–H and O–H groups in total. The molecule has 3 rings (SSSR count). The summed E-state index contributed by atoms with van der Waals surface area (Å²) in [5, 5.41) is 3.79. The van der Waals surface area contributed by atoms with Crippen LogP contribution in [0.3, 0.4) is 0 Å². The third kappa shape index (κ3) is 3.62. The maximum Gasteiger partial charge on any atom is 0.0858 e. The molecule has 0 amide bonds. The molecule has 5 atom stereocenters. The topological polar surface area (TPSA) is 24.5 Å². The maximum absolute atomic E-state index is 6.32. The summed E-state index contributed by atoms with van der Waals surface area (Å²) in [5.74, 6) is 1.78. The fourth-order valence-corrected chi connectivity index (χ4v) is 4.93. The van der Waals surface area contributed by atoms with Crippen molar-refractivity contribution < 1.29 is 4.74 Å². The molecule has 0 radical (unpaired) electrons. The quantitative estimate of drug-likeness (QED) is 0.843. The van der Waals surface area contributed by atoms with E-state index < -0.39 is 0 Å². The number of nitrogens with zero attached hydrogens (tertiary/aromatic N) is 1. The molecule has 2 heterocycles. The number of fused-ring (bicyclic) bond motifs is 1. The van der Waals surface area contributed by atoms with Crippen molar-refractivity contribution in [3.63, 3.8) is 0 Å². The number of ether oxygens (including phenoxy) is 1. The number of hydrogen-bond donors (Lipinski definition) is 1. The zero-order chi connectivity index (χ0) is 14.7. The summed E-state index contributed by atoms with van der Waals surface area (Å²) in [5.41, 5.74) is 0. The predicted molar refractivity (Wildman–Crippen MR) is 87.5 cm³/mol. The van der Waals surface area contributed by atoms with Crippen molar-refractivity contribution in [2.24, 2.45) is 11.8 Å². The van der Waals surface area contributed by atoms with Gasteiger partial charge in [-0.15, -0.1) is 0 Å². The highest BCUT2D eigenvalue weighted by Gasteiger charge is 2.39. The third-order valence-corrected chi connectivity index (χ3v) is 6.17.